The second-order valence-corrected chi connectivity index (χ2v) is 5.95. The van der Waals surface area contributed by atoms with Gasteiger partial charge < -0.3 is 11.1 Å². The molecule has 0 aliphatic heterocycles. The molecule has 1 heterocycles. The number of aromatic nitrogens is 2. The SMILES string of the molecule is CCNc1cc(SCC(N)=O)nc(C(C)(C)C)n1. The molecule has 0 saturated carbocycles. The van der Waals surface area contributed by atoms with E-state index in [2.05, 4.69) is 36.1 Å². The molecule has 0 unspecified atom stereocenters. The fourth-order valence-corrected chi connectivity index (χ4v) is 1.89. The first-order chi connectivity index (χ1) is 8.32. The van der Waals surface area contributed by atoms with Gasteiger partial charge in [0, 0.05) is 18.0 Å². The topological polar surface area (TPSA) is 80.9 Å². The minimum absolute atomic E-state index is 0.131. The molecule has 18 heavy (non-hydrogen) atoms. The number of thioether (sulfide) groups is 1. The predicted molar refractivity (Wildman–Crippen MR) is 74.8 cm³/mol. The first-order valence-electron chi connectivity index (χ1n) is 5.87. The Bertz CT molecular complexity index is 429. The second kappa shape index (κ2) is 6.04. The average molecular weight is 268 g/mol. The Kier molecular flexibility index (Phi) is 4.95. The molecule has 1 rings (SSSR count). The Hall–Kier alpha value is -1.30. The summed E-state index contributed by atoms with van der Waals surface area (Å²) in [6.07, 6.45) is 0. The van der Waals surface area contributed by atoms with E-state index in [1.54, 1.807) is 0 Å². The van der Waals surface area contributed by atoms with Crippen molar-refractivity contribution < 1.29 is 4.79 Å². The molecular weight excluding hydrogens is 248 g/mol. The van der Waals surface area contributed by atoms with Gasteiger partial charge in [-0.25, -0.2) is 9.97 Å². The zero-order valence-corrected chi connectivity index (χ0v) is 12.1. The lowest BCUT2D eigenvalue weighted by Crippen LogP contribution is -2.18. The van der Waals surface area contributed by atoms with Crippen LogP contribution in [0.15, 0.2) is 11.1 Å². The molecule has 100 valence electrons. The highest BCUT2D eigenvalue weighted by atomic mass is 32.2. The van der Waals surface area contributed by atoms with E-state index >= 15 is 0 Å². The summed E-state index contributed by atoms with van der Waals surface area (Å²) in [6.45, 7) is 8.97. The van der Waals surface area contributed by atoms with Gasteiger partial charge in [-0.05, 0) is 6.92 Å². The van der Waals surface area contributed by atoms with Crippen molar-refractivity contribution in [2.75, 3.05) is 17.6 Å². The maximum absolute atomic E-state index is 10.8. The summed E-state index contributed by atoms with van der Waals surface area (Å²) in [6, 6.07) is 1.84. The lowest BCUT2D eigenvalue weighted by Gasteiger charge is -2.18. The molecule has 0 aromatic carbocycles. The molecular formula is C12H20N4OS. The van der Waals surface area contributed by atoms with Gasteiger partial charge in [-0.2, -0.15) is 0 Å². The number of anilines is 1. The summed E-state index contributed by atoms with van der Waals surface area (Å²) >= 11 is 1.33. The number of nitrogens with zero attached hydrogens (tertiary/aromatic N) is 2. The summed E-state index contributed by atoms with van der Waals surface area (Å²) in [4.78, 5) is 19.7. The van der Waals surface area contributed by atoms with E-state index < -0.39 is 0 Å². The molecule has 6 heteroatoms. The summed E-state index contributed by atoms with van der Waals surface area (Å²) in [5.74, 6) is 1.42. The van der Waals surface area contributed by atoms with E-state index in [1.165, 1.54) is 11.8 Å². The quantitative estimate of drug-likeness (QED) is 0.628. The van der Waals surface area contributed by atoms with Crippen LogP contribution < -0.4 is 11.1 Å². The Morgan fingerprint density at radius 2 is 2.11 bits per heavy atom. The second-order valence-electron chi connectivity index (χ2n) is 4.95. The normalized spacial score (nSPS) is 11.3. The Morgan fingerprint density at radius 3 is 2.61 bits per heavy atom. The zero-order valence-electron chi connectivity index (χ0n) is 11.3. The largest absolute Gasteiger partial charge is 0.370 e. The molecule has 0 aliphatic rings. The highest BCUT2D eigenvalue weighted by molar-refractivity contribution is 7.99. The smallest absolute Gasteiger partial charge is 0.227 e. The molecule has 5 nitrogen and oxygen atoms in total. The number of carbonyl (C=O) groups is 1. The van der Waals surface area contributed by atoms with Gasteiger partial charge in [-0.15, -0.1) is 0 Å². The number of rotatable bonds is 5. The van der Waals surface area contributed by atoms with Crippen molar-refractivity contribution in [3.8, 4) is 0 Å². The van der Waals surface area contributed by atoms with Gasteiger partial charge in [0.05, 0.1) is 5.75 Å². The van der Waals surface area contributed by atoms with Crippen LogP contribution in [-0.2, 0) is 10.2 Å². The molecule has 3 N–H and O–H groups in total. The maximum Gasteiger partial charge on any atom is 0.227 e. The van der Waals surface area contributed by atoms with Crippen LogP contribution in [-0.4, -0.2) is 28.2 Å². The molecule has 1 aromatic rings. The van der Waals surface area contributed by atoms with Crippen molar-refractivity contribution in [2.24, 2.45) is 5.73 Å². The predicted octanol–water partition coefficient (Wildman–Crippen LogP) is 1.78. The van der Waals surface area contributed by atoms with Crippen LogP contribution >= 0.6 is 11.8 Å². The van der Waals surface area contributed by atoms with Crippen LogP contribution in [0.5, 0.6) is 0 Å². The van der Waals surface area contributed by atoms with Gasteiger partial charge in [-0.3, -0.25) is 4.79 Å². The fraction of sp³-hybridized carbons (Fsp3) is 0.583. The van der Waals surface area contributed by atoms with Crippen molar-refractivity contribution in [1.29, 1.82) is 0 Å². The molecule has 0 atom stereocenters. The van der Waals surface area contributed by atoms with Gasteiger partial charge >= 0.3 is 0 Å². The molecule has 0 radical (unpaired) electrons. The van der Waals surface area contributed by atoms with Crippen LogP contribution in [0, 0.1) is 0 Å². The molecule has 1 amide bonds. The summed E-state index contributed by atoms with van der Waals surface area (Å²) in [5.41, 5.74) is 5.01. The number of hydrogen-bond donors (Lipinski definition) is 2. The Balaban J connectivity index is 3.02. The summed E-state index contributed by atoms with van der Waals surface area (Å²) in [7, 11) is 0. The first kappa shape index (κ1) is 14.8. The van der Waals surface area contributed by atoms with Crippen LogP contribution in [0.3, 0.4) is 0 Å². The van der Waals surface area contributed by atoms with Gasteiger partial charge in [0.2, 0.25) is 5.91 Å². The van der Waals surface area contributed by atoms with E-state index in [9.17, 15) is 4.79 Å². The number of carbonyl (C=O) groups excluding carboxylic acids is 1. The third kappa shape index (κ3) is 4.52. The fourth-order valence-electron chi connectivity index (χ4n) is 1.25. The van der Waals surface area contributed by atoms with Crippen molar-refractivity contribution in [3.05, 3.63) is 11.9 Å². The van der Waals surface area contributed by atoms with E-state index in [0.29, 0.717) is 0 Å². The van der Waals surface area contributed by atoms with Crippen LogP contribution in [0.25, 0.3) is 0 Å². The van der Waals surface area contributed by atoms with Gasteiger partial charge in [-0.1, -0.05) is 32.5 Å². The highest BCUT2D eigenvalue weighted by Gasteiger charge is 2.19. The van der Waals surface area contributed by atoms with E-state index in [0.717, 1.165) is 23.2 Å². The molecule has 0 bridgehead atoms. The van der Waals surface area contributed by atoms with Crippen LogP contribution in [0.1, 0.15) is 33.5 Å². The van der Waals surface area contributed by atoms with Crippen LogP contribution in [0.2, 0.25) is 0 Å². The lowest BCUT2D eigenvalue weighted by molar-refractivity contribution is -0.115. The number of primary amides is 1. The van der Waals surface area contributed by atoms with Crippen LogP contribution in [0.4, 0.5) is 5.82 Å². The minimum atomic E-state index is -0.346. The highest BCUT2D eigenvalue weighted by Crippen LogP contribution is 2.24. The Morgan fingerprint density at radius 1 is 1.44 bits per heavy atom. The lowest BCUT2D eigenvalue weighted by atomic mass is 9.96. The van der Waals surface area contributed by atoms with E-state index in [-0.39, 0.29) is 17.1 Å². The third-order valence-corrected chi connectivity index (χ3v) is 3.03. The molecule has 0 fully saturated rings. The summed E-state index contributed by atoms with van der Waals surface area (Å²) < 4.78 is 0. The van der Waals surface area contributed by atoms with Crippen molar-refractivity contribution in [2.45, 2.75) is 38.1 Å². The van der Waals surface area contributed by atoms with Gasteiger partial charge in [0.15, 0.2) is 0 Å². The third-order valence-electron chi connectivity index (χ3n) is 2.09. The molecule has 1 aromatic heterocycles. The van der Waals surface area contributed by atoms with E-state index in [4.69, 9.17) is 5.73 Å². The standard InChI is InChI=1S/C12H20N4OS/c1-5-14-9-6-10(18-7-8(13)17)16-11(15-9)12(2,3)4/h6H,5,7H2,1-4H3,(H2,13,17)(H,14,15,16). The van der Waals surface area contributed by atoms with E-state index in [1.807, 2.05) is 13.0 Å². The number of nitrogens with one attached hydrogen (secondary N) is 1. The van der Waals surface area contributed by atoms with Crippen molar-refractivity contribution in [3.63, 3.8) is 0 Å². The maximum atomic E-state index is 10.8. The average Bonchev–Trinajstić information content (AvgIpc) is 2.25. The minimum Gasteiger partial charge on any atom is -0.370 e. The monoisotopic (exact) mass is 268 g/mol. The molecule has 0 spiro atoms. The first-order valence-corrected chi connectivity index (χ1v) is 6.86. The van der Waals surface area contributed by atoms with Crippen molar-refractivity contribution >= 4 is 23.5 Å². The number of nitrogens with two attached hydrogens (primary N) is 1. The Labute approximate surface area is 112 Å². The zero-order chi connectivity index (χ0) is 13.8. The number of hydrogen-bond acceptors (Lipinski definition) is 5. The van der Waals surface area contributed by atoms with Gasteiger partial charge in [0.1, 0.15) is 16.7 Å². The number of amides is 1. The summed E-state index contributed by atoms with van der Waals surface area (Å²) in [5, 5.41) is 3.94. The van der Waals surface area contributed by atoms with Crippen molar-refractivity contribution in [1.82, 2.24) is 9.97 Å². The molecule has 0 aliphatic carbocycles. The van der Waals surface area contributed by atoms with Gasteiger partial charge in [0.25, 0.3) is 0 Å². The molecule has 0 saturated heterocycles.